The zero-order valence-corrected chi connectivity index (χ0v) is 12.7. The van der Waals surface area contributed by atoms with Crippen molar-refractivity contribution in [2.45, 2.75) is 59.2 Å². The van der Waals surface area contributed by atoms with Gasteiger partial charge in [-0.15, -0.1) is 0 Å². The molecule has 124 valence electrons. The fraction of sp³-hybridized carbons (Fsp3) is 0.562. The van der Waals surface area contributed by atoms with Crippen molar-refractivity contribution in [3.05, 3.63) is 17.8 Å². The van der Waals surface area contributed by atoms with Crippen LogP contribution in [0.25, 0.3) is 11.2 Å². The fourth-order valence-electron chi connectivity index (χ4n) is 2.52. The Morgan fingerprint density at radius 1 is 1.30 bits per heavy atom. The Labute approximate surface area is 135 Å². The lowest BCUT2D eigenvalue weighted by molar-refractivity contribution is -0.0299. The summed E-state index contributed by atoms with van der Waals surface area (Å²) >= 11 is 0. The van der Waals surface area contributed by atoms with Crippen LogP contribution in [0.1, 0.15) is 45.4 Å². The van der Waals surface area contributed by atoms with Gasteiger partial charge < -0.3 is 14.9 Å². The molecule has 0 aliphatic carbocycles. The van der Waals surface area contributed by atoms with E-state index in [4.69, 9.17) is 4.74 Å². The number of aliphatic hydroxyl groups excluding tert-OH is 2. The van der Waals surface area contributed by atoms with Gasteiger partial charge in [0.2, 0.25) is 5.82 Å². The first-order valence-corrected chi connectivity index (χ1v) is 7.24. The van der Waals surface area contributed by atoms with Crippen LogP contribution in [0.5, 0.6) is 0 Å². The third-order valence-electron chi connectivity index (χ3n) is 3.72. The predicted octanol–water partition coefficient (Wildman–Crippen LogP) is 1.17. The predicted molar refractivity (Wildman–Crippen MR) is 85.6 cm³/mol. The molecule has 0 amide bonds. The molecule has 3 heterocycles. The third-order valence-corrected chi connectivity index (χ3v) is 3.72. The largest absolute Gasteiger partial charge is 0.388 e. The molecule has 7 heteroatoms. The number of rotatable bonds is 1. The summed E-state index contributed by atoms with van der Waals surface area (Å²) in [4.78, 5) is 13.0. The van der Waals surface area contributed by atoms with Crippen molar-refractivity contribution in [1.82, 2.24) is 19.5 Å². The lowest BCUT2D eigenvalue weighted by atomic mass is 10.1. The quantitative estimate of drug-likeness (QED) is 0.767. The van der Waals surface area contributed by atoms with Gasteiger partial charge in [0.05, 0.1) is 18.1 Å². The summed E-state index contributed by atoms with van der Waals surface area (Å²) in [5.41, 5.74) is 1.88. The number of aliphatic hydroxyl groups is 2. The second-order valence-corrected chi connectivity index (χ2v) is 5.32. The molecule has 0 bridgehead atoms. The maximum atomic E-state index is 10.1. The highest BCUT2D eigenvalue weighted by atomic mass is 16.6. The van der Waals surface area contributed by atoms with Crippen LogP contribution in [0.4, 0.5) is 0 Å². The molecule has 0 spiro atoms. The normalized spacial score (nSPS) is 26.7. The van der Waals surface area contributed by atoms with Crippen molar-refractivity contribution in [1.29, 1.82) is 0 Å². The Morgan fingerprint density at radius 3 is 2.65 bits per heavy atom. The Kier molecular flexibility index (Phi) is 5.00. The monoisotopic (exact) mass is 318 g/mol. The van der Waals surface area contributed by atoms with Gasteiger partial charge in [0.15, 0.2) is 11.9 Å². The van der Waals surface area contributed by atoms with Gasteiger partial charge in [-0.25, -0.2) is 15.0 Å². The molecule has 1 unspecified atom stereocenters. The zero-order chi connectivity index (χ0) is 15.9. The highest BCUT2D eigenvalue weighted by Gasteiger charge is 2.42. The van der Waals surface area contributed by atoms with Gasteiger partial charge in [-0.1, -0.05) is 20.3 Å². The lowest BCUT2D eigenvalue weighted by Gasteiger charge is -2.16. The molecule has 0 saturated carbocycles. The van der Waals surface area contributed by atoms with E-state index in [9.17, 15) is 10.2 Å². The van der Waals surface area contributed by atoms with E-state index < -0.39 is 24.5 Å². The second kappa shape index (κ2) is 6.62. The molecule has 1 aliphatic rings. The number of aryl methyl sites for hydroxylation is 1. The highest BCUT2D eigenvalue weighted by molar-refractivity contribution is 5.73. The van der Waals surface area contributed by atoms with Crippen molar-refractivity contribution in [3.63, 3.8) is 0 Å². The van der Waals surface area contributed by atoms with Crippen molar-refractivity contribution >= 4 is 11.2 Å². The topological polar surface area (TPSA) is 93.3 Å². The van der Waals surface area contributed by atoms with Gasteiger partial charge in [-0.2, -0.15) is 0 Å². The Morgan fingerprint density at radius 2 is 2.04 bits per heavy atom. The molecule has 1 aliphatic heterocycles. The number of hydrogen-bond donors (Lipinski definition) is 2. The molecule has 2 N–H and O–H groups in total. The molecular weight excluding hydrogens is 296 g/mol. The van der Waals surface area contributed by atoms with Gasteiger partial charge >= 0.3 is 0 Å². The Bertz CT molecular complexity index is 762. The number of aromatic nitrogens is 4. The summed E-state index contributed by atoms with van der Waals surface area (Å²) in [5.74, 6) is 6.24. The minimum absolute atomic E-state index is 0. The van der Waals surface area contributed by atoms with Gasteiger partial charge in [-0.05, 0) is 19.8 Å². The van der Waals surface area contributed by atoms with E-state index in [0.29, 0.717) is 29.1 Å². The van der Waals surface area contributed by atoms with Crippen LogP contribution in [0.2, 0.25) is 0 Å². The van der Waals surface area contributed by atoms with Crippen LogP contribution in [-0.2, 0) is 4.74 Å². The lowest BCUT2D eigenvalue weighted by Crippen LogP contribution is -2.30. The zero-order valence-electron chi connectivity index (χ0n) is 12.7. The summed E-state index contributed by atoms with van der Waals surface area (Å²) in [6.07, 6.45) is -0.899. The van der Waals surface area contributed by atoms with Gasteiger partial charge in [0, 0.05) is 6.42 Å². The van der Waals surface area contributed by atoms with E-state index in [1.54, 1.807) is 17.8 Å². The Balaban J connectivity index is 0.00000192. The van der Waals surface area contributed by atoms with Crippen LogP contribution >= 0.6 is 0 Å². The molecule has 1 fully saturated rings. The molecule has 7 nitrogen and oxygen atoms in total. The van der Waals surface area contributed by atoms with Crippen LogP contribution in [0.3, 0.4) is 0 Å². The molecule has 2 aromatic heterocycles. The standard InChI is InChI=1S/C15H18N4O3.CH4/c1-4-5-6-10-17-8(2)11-14(18-10)19(7-16-11)15-13(21)12(20)9(3)22-15;/h7,9,12-13,15,20-21H,4H2,1-3H3;1H4/t9-,12?,13+,15-;/m1./s1. The maximum Gasteiger partial charge on any atom is 0.207 e. The van der Waals surface area contributed by atoms with Crippen LogP contribution < -0.4 is 0 Å². The van der Waals surface area contributed by atoms with Crippen LogP contribution in [0, 0.1) is 18.8 Å². The van der Waals surface area contributed by atoms with E-state index in [1.165, 1.54) is 0 Å². The second-order valence-electron chi connectivity index (χ2n) is 5.32. The number of fused-ring (bicyclic) bond motifs is 1. The van der Waals surface area contributed by atoms with Crippen molar-refractivity contribution < 1.29 is 14.9 Å². The van der Waals surface area contributed by atoms with Crippen molar-refractivity contribution in [2.75, 3.05) is 0 Å². The number of hydrogen-bond acceptors (Lipinski definition) is 6. The summed E-state index contributed by atoms with van der Waals surface area (Å²) < 4.78 is 7.25. The summed E-state index contributed by atoms with van der Waals surface area (Å²) in [6.45, 7) is 5.50. The van der Waals surface area contributed by atoms with E-state index in [1.807, 2.05) is 13.8 Å². The van der Waals surface area contributed by atoms with E-state index in [-0.39, 0.29) is 7.43 Å². The summed E-state index contributed by atoms with van der Waals surface area (Å²) in [5, 5.41) is 20.0. The molecule has 0 aromatic carbocycles. The summed E-state index contributed by atoms with van der Waals surface area (Å²) in [6, 6.07) is 0. The molecular formula is C16H22N4O3. The summed E-state index contributed by atoms with van der Waals surface area (Å²) in [7, 11) is 0. The molecule has 1 saturated heterocycles. The number of imidazole rings is 1. The molecule has 2 aromatic rings. The van der Waals surface area contributed by atoms with Crippen molar-refractivity contribution in [3.8, 4) is 11.8 Å². The van der Waals surface area contributed by atoms with Gasteiger partial charge in [-0.3, -0.25) is 4.57 Å². The highest BCUT2D eigenvalue weighted by Crippen LogP contribution is 2.31. The van der Waals surface area contributed by atoms with Gasteiger partial charge in [0.25, 0.3) is 0 Å². The first kappa shape index (κ1) is 17.3. The minimum atomic E-state index is -1.03. The molecule has 4 atom stereocenters. The maximum absolute atomic E-state index is 10.1. The molecule has 3 rings (SSSR count). The van der Waals surface area contributed by atoms with E-state index >= 15 is 0 Å². The average Bonchev–Trinajstić information content (AvgIpc) is 3.02. The fourth-order valence-corrected chi connectivity index (χ4v) is 2.52. The van der Waals surface area contributed by atoms with Crippen LogP contribution in [-0.4, -0.2) is 48.0 Å². The minimum Gasteiger partial charge on any atom is -0.388 e. The van der Waals surface area contributed by atoms with E-state index in [2.05, 4.69) is 26.8 Å². The SMILES string of the molecule is C.CCC#Cc1nc(C)c2ncn([C@@H]3O[C@H](C)C(O)[C@@H]3O)c2n1. The molecule has 0 radical (unpaired) electrons. The van der Waals surface area contributed by atoms with Crippen molar-refractivity contribution in [2.24, 2.45) is 0 Å². The number of ether oxygens (including phenoxy) is 1. The molecule has 23 heavy (non-hydrogen) atoms. The Hall–Kier alpha value is -2.01. The van der Waals surface area contributed by atoms with E-state index in [0.717, 1.165) is 0 Å². The van der Waals surface area contributed by atoms with Gasteiger partial charge in [0.1, 0.15) is 17.7 Å². The van der Waals surface area contributed by atoms with Crippen LogP contribution in [0.15, 0.2) is 6.33 Å². The number of nitrogens with zero attached hydrogens (tertiary/aromatic N) is 4. The third kappa shape index (κ3) is 2.93. The smallest absolute Gasteiger partial charge is 0.207 e. The first-order valence-electron chi connectivity index (χ1n) is 7.24. The average molecular weight is 318 g/mol. The first-order chi connectivity index (χ1) is 10.5.